The molecule has 2 rings (SSSR count). The summed E-state index contributed by atoms with van der Waals surface area (Å²) in [6.45, 7) is 0. The van der Waals surface area contributed by atoms with E-state index in [-0.39, 0.29) is 4.90 Å². The first-order valence-corrected chi connectivity index (χ1v) is 7.21. The van der Waals surface area contributed by atoms with Crippen molar-refractivity contribution in [3.05, 3.63) is 58.3 Å². The predicted molar refractivity (Wildman–Crippen MR) is 74.7 cm³/mol. The van der Waals surface area contributed by atoms with Crippen molar-refractivity contribution in [1.29, 1.82) is 0 Å². The zero-order chi connectivity index (χ0) is 13.9. The number of hydrogen-bond donors (Lipinski definition) is 0. The lowest BCUT2D eigenvalue weighted by molar-refractivity contribution is 0.414. The van der Waals surface area contributed by atoms with E-state index in [4.69, 9.17) is 16.3 Å². The Morgan fingerprint density at radius 3 is 2.11 bits per heavy atom. The molecule has 0 spiro atoms. The number of ether oxygens (including phenoxy) is 1. The smallest absolute Gasteiger partial charge is 0.123 e. The van der Waals surface area contributed by atoms with E-state index >= 15 is 0 Å². The molecule has 0 fully saturated rings. The molecule has 4 nitrogen and oxygen atoms in total. The van der Waals surface area contributed by atoms with Gasteiger partial charge in [-0.15, -0.1) is 5.69 Å². The summed E-state index contributed by atoms with van der Waals surface area (Å²) in [6.07, 6.45) is 0. The molecule has 0 N–H and O–H groups in total. The number of halogens is 1. The molecule has 0 aliphatic heterocycles. The number of hydrogen-bond acceptors (Lipinski definition) is 3. The van der Waals surface area contributed by atoms with Crippen molar-refractivity contribution in [1.82, 2.24) is 0 Å². The highest BCUT2D eigenvalue weighted by Gasteiger charge is 2.04. The maximum atomic E-state index is 12.0. The van der Waals surface area contributed by atoms with Crippen molar-refractivity contribution in [2.24, 2.45) is 0 Å². The first-order valence-electron chi connectivity index (χ1n) is 5.39. The quantitative estimate of drug-likeness (QED) is 0.863. The van der Waals surface area contributed by atoms with E-state index in [1.807, 2.05) is 0 Å². The van der Waals surface area contributed by atoms with Crippen LogP contribution in [0.25, 0.3) is 4.72 Å². The van der Waals surface area contributed by atoms with E-state index in [1.165, 1.54) is 19.2 Å². The topological polar surface area (TPSA) is 57.5 Å². The molecule has 0 heterocycles. The van der Waals surface area contributed by atoms with E-state index in [2.05, 4.69) is 4.72 Å². The Morgan fingerprint density at radius 1 is 1.00 bits per heavy atom. The molecule has 2 aromatic carbocycles. The lowest BCUT2D eigenvalue weighted by atomic mass is 10.3. The van der Waals surface area contributed by atoms with Crippen LogP contribution in [0, 0.1) is 0 Å². The molecule has 0 amide bonds. The van der Waals surface area contributed by atoms with Gasteiger partial charge in [0, 0.05) is 5.02 Å². The van der Waals surface area contributed by atoms with Gasteiger partial charge < -0.3 is 9.46 Å². The molecule has 6 heteroatoms. The molecule has 100 valence electrons. The summed E-state index contributed by atoms with van der Waals surface area (Å²) in [6, 6.07) is 12.3. The van der Waals surface area contributed by atoms with Crippen LogP contribution in [0.15, 0.2) is 53.4 Å². The highest BCUT2D eigenvalue weighted by atomic mass is 35.5. The number of methoxy groups -OCH3 is 1. The lowest BCUT2D eigenvalue weighted by Gasteiger charge is -2.21. The number of sulfonamides is 1. The van der Waals surface area contributed by atoms with Crippen LogP contribution in [-0.4, -0.2) is 15.5 Å². The van der Waals surface area contributed by atoms with Crippen molar-refractivity contribution in [3.8, 4) is 5.75 Å². The van der Waals surface area contributed by atoms with Crippen LogP contribution in [0.5, 0.6) is 5.75 Å². The van der Waals surface area contributed by atoms with Crippen LogP contribution in [0.1, 0.15) is 0 Å². The second-order valence-corrected chi connectivity index (χ2v) is 5.76. The fourth-order valence-corrected chi connectivity index (χ4v) is 2.55. The second-order valence-electron chi connectivity index (χ2n) is 3.72. The van der Waals surface area contributed by atoms with Gasteiger partial charge in [-0.25, -0.2) is 8.42 Å². The van der Waals surface area contributed by atoms with Crippen LogP contribution < -0.4 is 4.74 Å². The molecule has 0 aromatic heterocycles. The first kappa shape index (κ1) is 13.7. The largest absolute Gasteiger partial charge is 0.573 e. The molecule has 0 saturated carbocycles. The van der Waals surface area contributed by atoms with E-state index in [0.29, 0.717) is 16.5 Å². The highest BCUT2D eigenvalue weighted by molar-refractivity contribution is 7.94. The Labute approximate surface area is 117 Å². The zero-order valence-electron chi connectivity index (χ0n) is 10.1. The second kappa shape index (κ2) is 5.50. The minimum Gasteiger partial charge on any atom is -0.573 e. The minimum absolute atomic E-state index is 0.114. The van der Waals surface area contributed by atoms with Gasteiger partial charge in [-0.1, -0.05) is 23.7 Å². The molecular weight excluding hydrogens is 286 g/mol. The molecule has 0 unspecified atom stereocenters. The van der Waals surface area contributed by atoms with Crippen LogP contribution in [0.3, 0.4) is 0 Å². The molecule has 0 aliphatic rings. The minimum atomic E-state index is -3.72. The van der Waals surface area contributed by atoms with E-state index in [0.717, 1.165) is 0 Å². The van der Waals surface area contributed by atoms with Gasteiger partial charge in [0.2, 0.25) is 0 Å². The third kappa shape index (κ3) is 3.39. The van der Waals surface area contributed by atoms with Crippen molar-refractivity contribution in [2.75, 3.05) is 7.11 Å². The average molecular weight is 297 g/mol. The summed E-state index contributed by atoms with van der Waals surface area (Å²) in [5.41, 5.74) is 0.334. The summed E-state index contributed by atoms with van der Waals surface area (Å²) in [5, 5.41) is 0.529. The van der Waals surface area contributed by atoms with Crippen molar-refractivity contribution >= 4 is 27.3 Å². The van der Waals surface area contributed by atoms with Gasteiger partial charge >= 0.3 is 0 Å². The lowest BCUT2D eigenvalue weighted by Crippen LogP contribution is -1.97. The normalized spacial score (nSPS) is 11.1. The number of rotatable bonds is 4. The summed E-state index contributed by atoms with van der Waals surface area (Å²) >= 11 is 5.73. The van der Waals surface area contributed by atoms with Gasteiger partial charge in [-0.05, 0) is 36.4 Å². The first-order chi connectivity index (χ1) is 9.01. The maximum Gasteiger partial charge on any atom is 0.123 e. The summed E-state index contributed by atoms with van der Waals surface area (Å²) in [7, 11) is -2.21. The fraction of sp³-hybridized carbons (Fsp3) is 0.0769. The Morgan fingerprint density at radius 2 is 1.58 bits per heavy atom. The molecule has 2 aromatic rings. The Kier molecular flexibility index (Phi) is 3.97. The molecule has 0 aliphatic carbocycles. The van der Waals surface area contributed by atoms with Gasteiger partial charge in [0.15, 0.2) is 0 Å². The van der Waals surface area contributed by atoms with E-state index in [9.17, 15) is 8.42 Å². The Bertz CT molecular complexity index is 651. The SMILES string of the molecule is COc1ccc(S(=O)(=O)[N-]c2ccc(Cl)cc2)cc1. The van der Waals surface area contributed by atoms with Gasteiger partial charge in [0.05, 0.1) is 12.0 Å². The molecule has 0 atom stereocenters. The predicted octanol–water partition coefficient (Wildman–Crippen LogP) is 3.74. The summed E-state index contributed by atoms with van der Waals surface area (Å²) in [5.74, 6) is 0.588. The monoisotopic (exact) mass is 296 g/mol. The van der Waals surface area contributed by atoms with Gasteiger partial charge in [-0.3, -0.25) is 0 Å². The summed E-state index contributed by atoms with van der Waals surface area (Å²) < 4.78 is 32.8. The van der Waals surface area contributed by atoms with Crippen LogP contribution in [-0.2, 0) is 10.0 Å². The van der Waals surface area contributed by atoms with Crippen molar-refractivity contribution in [3.63, 3.8) is 0 Å². The average Bonchev–Trinajstić information content (AvgIpc) is 2.41. The molecule has 19 heavy (non-hydrogen) atoms. The molecule has 0 radical (unpaired) electrons. The van der Waals surface area contributed by atoms with Crippen LogP contribution in [0.4, 0.5) is 5.69 Å². The third-order valence-corrected chi connectivity index (χ3v) is 3.98. The van der Waals surface area contributed by atoms with Crippen LogP contribution in [0.2, 0.25) is 5.02 Å². The van der Waals surface area contributed by atoms with Gasteiger partial charge in [0.1, 0.15) is 15.8 Å². The standard InChI is InChI=1S/C13H11ClNO3S/c1-18-12-6-8-13(9-7-12)19(16,17)15-11-4-2-10(14)3-5-11/h2-9H,1H3/q-1. The van der Waals surface area contributed by atoms with Crippen molar-refractivity contribution < 1.29 is 13.2 Å². The number of nitrogens with zero attached hydrogens (tertiary/aromatic N) is 1. The maximum absolute atomic E-state index is 12.0. The third-order valence-electron chi connectivity index (χ3n) is 2.41. The number of benzene rings is 2. The zero-order valence-corrected chi connectivity index (χ0v) is 11.6. The molecule has 0 saturated heterocycles. The summed E-state index contributed by atoms with van der Waals surface area (Å²) in [4.78, 5) is 0.114. The van der Waals surface area contributed by atoms with Crippen molar-refractivity contribution in [2.45, 2.75) is 4.90 Å². The Hall–Kier alpha value is -1.72. The highest BCUT2D eigenvalue weighted by Crippen LogP contribution is 2.29. The van der Waals surface area contributed by atoms with Gasteiger partial charge in [-0.2, -0.15) is 0 Å². The van der Waals surface area contributed by atoms with E-state index in [1.54, 1.807) is 36.4 Å². The molecule has 0 bridgehead atoms. The van der Waals surface area contributed by atoms with Crippen LogP contribution >= 0.6 is 11.6 Å². The van der Waals surface area contributed by atoms with Gasteiger partial charge in [0.25, 0.3) is 0 Å². The molecular formula is C13H11ClNO3S-. The Balaban J connectivity index is 2.24. The fourth-order valence-electron chi connectivity index (χ4n) is 1.44. The van der Waals surface area contributed by atoms with E-state index < -0.39 is 10.0 Å².